The van der Waals surface area contributed by atoms with Crippen molar-refractivity contribution in [2.45, 2.75) is 38.9 Å². The minimum atomic E-state index is -0.999. The van der Waals surface area contributed by atoms with Gasteiger partial charge in [-0.25, -0.2) is 4.79 Å². The zero-order valence-corrected chi connectivity index (χ0v) is 13.3. The van der Waals surface area contributed by atoms with E-state index < -0.39 is 24.3 Å². The summed E-state index contributed by atoms with van der Waals surface area (Å²) in [5.41, 5.74) is 0.594. The van der Waals surface area contributed by atoms with Crippen molar-refractivity contribution in [3.05, 3.63) is 34.9 Å². The van der Waals surface area contributed by atoms with Crippen LogP contribution < -0.4 is 5.46 Å². The molecule has 1 heterocycles. The molecule has 4 nitrogen and oxygen atoms in total. The smallest absolute Gasteiger partial charge is 0.478 e. The van der Waals surface area contributed by atoms with Crippen LogP contribution in [0.3, 0.4) is 0 Å². The van der Waals surface area contributed by atoms with Gasteiger partial charge in [-0.05, 0) is 45.4 Å². The fraction of sp³-hybridized carbons (Fsp3) is 0.400. The molecule has 1 aliphatic rings. The Morgan fingerprint density at radius 2 is 1.81 bits per heavy atom. The molecule has 21 heavy (non-hydrogen) atoms. The summed E-state index contributed by atoms with van der Waals surface area (Å²) < 4.78 is 11.9. The normalized spacial score (nSPS) is 20.1. The number of carboxylic acid groups (broad SMARTS) is 1. The molecule has 1 aliphatic heterocycles. The second-order valence-electron chi connectivity index (χ2n) is 6.04. The minimum Gasteiger partial charge on any atom is -0.478 e. The summed E-state index contributed by atoms with van der Waals surface area (Å²) in [5, 5.41) is 9.11. The van der Waals surface area contributed by atoms with Crippen LogP contribution in [-0.4, -0.2) is 29.4 Å². The Balaban J connectivity index is 2.25. The van der Waals surface area contributed by atoms with Crippen molar-refractivity contribution in [1.82, 2.24) is 0 Å². The molecule has 0 radical (unpaired) electrons. The third-order valence-electron chi connectivity index (χ3n) is 3.95. The van der Waals surface area contributed by atoms with Crippen molar-refractivity contribution < 1.29 is 19.2 Å². The summed E-state index contributed by atoms with van der Waals surface area (Å²) in [5.74, 6) is -0.999. The molecule has 1 saturated heterocycles. The van der Waals surface area contributed by atoms with Crippen LogP contribution in [0.4, 0.5) is 0 Å². The van der Waals surface area contributed by atoms with E-state index in [-0.39, 0.29) is 0 Å². The Bertz CT molecular complexity index is 579. The van der Waals surface area contributed by atoms with Gasteiger partial charge < -0.3 is 14.4 Å². The molecule has 2 rings (SSSR count). The second-order valence-corrected chi connectivity index (χ2v) is 6.45. The zero-order valence-electron chi connectivity index (χ0n) is 12.5. The fourth-order valence-corrected chi connectivity index (χ4v) is 2.25. The highest BCUT2D eigenvalue weighted by Gasteiger charge is 2.52. The predicted octanol–water partition coefficient (Wildman–Crippen LogP) is 2.74. The molecule has 6 heteroatoms. The number of hydrogen-bond donors (Lipinski definition) is 1. The second kappa shape index (κ2) is 5.48. The lowest BCUT2D eigenvalue weighted by molar-refractivity contribution is -0.131. The van der Waals surface area contributed by atoms with E-state index in [1.54, 1.807) is 18.2 Å². The standard InChI is InChI=1S/C15H18BClO4/c1-14(2)15(3,4)21-16(20-14)11-7-5-10(9-12(11)17)6-8-13(18)19/h5-9H,1-4H3,(H,18,19)/b8-6+. The maximum absolute atomic E-state index is 10.5. The molecular weight excluding hydrogens is 290 g/mol. The third kappa shape index (κ3) is 3.31. The summed E-state index contributed by atoms with van der Waals surface area (Å²) in [7, 11) is -0.528. The van der Waals surface area contributed by atoms with E-state index in [0.29, 0.717) is 10.6 Å². The number of carboxylic acids is 1. The Morgan fingerprint density at radius 1 is 1.24 bits per heavy atom. The molecule has 1 aromatic carbocycles. The van der Waals surface area contributed by atoms with Crippen LogP contribution in [0, 0.1) is 0 Å². The maximum Gasteiger partial charge on any atom is 0.496 e. The van der Waals surface area contributed by atoms with E-state index in [9.17, 15) is 4.79 Å². The van der Waals surface area contributed by atoms with E-state index in [2.05, 4.69) is 0 Å². The number of rotatable bonds is 3. The van der Waals surface area contributed by atoms with Gasteiger partial charge in [0.05, 0.1) is 11.2 Å². The number of aliphatic carboxylic acids is 1. The molecule has 0 aliphatic carbocycles. The Kier molecular flexibility index (Phi) is 4.20. The molecule has 0 saturated carbocycles. The van der Waals surface area contributed by atoms with Gasteiger partial charge in [-0.15, -0.1) is 0 Å². The number of benzene rings is 1. The maximum atomic E-state index is 10.5. The first-order valence-corrected chi connectivity index (χ1v) is 7.06. The van der Waals surface area contributed by atoms with Gasteiger partial charge in [-0.3, -0.25) is 0 Å². The van der Waals surface area contributed by atoms with Gasteiger partial charge in [0.25, 0.3) is 0 Å². The van der Waals surface area contributed by atoms with Crippen LogP contribution in [0.25, 0.3) is 6.08 Å². The SMILES string of the molecule is CC1(C)OB(c2ccc(/C=C/C(=O)O)cc2Cl)OC1(C)C. The lowest BCUT2D eigenvalue weighted by atomic mass is 9.78. The van der Waals surface area contributed by atoms with Crippen LogP contribution in [-0.2, 0) is 14.1 Å². The molecule has 0 aromatic heterocycles. The average Bonchev–Trinajstić information content (AvgIpc) is 2.55. The number of halogens is 1. The largest absolute Gasteiger partial charge is 0.496 e. The molecule has 0 spiro atoms. The van der Waals surface area contributed by atoms with E-state index >= 15 is 0 Å². The van der Waals surface area contributed by atoms with Gasteiger partial charge in [0.1, 0.15) is 0 Å². The van der Waals surface area contributed by atoms with Crippen molar-refractivity contribution in [2.24, 2.45) is 0 Å². The topological polar surface area (TPSA) is 55.8 Å². The Hall–Kier alpha value is -1.30. The first kappa shape index (κ1) is 16.1. The van der Waals surface area contributed by atoms with E-state index in [4.69, 9.17) is 26.0 Å². The summed E-state index contributed by atoms with van der Waals surface area (Å²) in [6.07, 6.45) is 2.56. The minimum absolute atomic E-state index is 0.428. The van der Waals surface area contributed by atoms with Gasteiger partial charge in [0.2, 0.25) is 0 Å². The third-order valence-corrected chi connectivity index (χ3v) is 4.28. The van der Waals surface area contributed by atoms with Gasteiger partial charge in [0, 0.05) is 16.6 Å². The van der Waals surface area contributed by atoms with Crippen LogP contribution >= 0.6 is 11.6 Å². The highest BCUT2D eigenvalue weighted by atomic mass is 35.5. The summed E-state index contributed by atoms with van der Waals surface area (Å²) in [6.45, 7) is 7.91. The first-order valence-electron chi connectivity index (χ1n) is 6.68. The molecule has 0 amide bonds. The van der Waals surface area contributed by atoms with Crippen LogP contribution in [0.1, 0.15) is 33.3 Å². The molecule has 0 bridgehead atoms. The molecule has 1 fully saturated rings. The van der Waals surface area contributed by atoms with E-state index in [0.717, 1.165) is 11.5 Å². The quantitative estimate of drug-likeness (QED) is 0.689. The molecule has 0 unspecified atom stereocenters. The molecule has 112 valence electrons. The van der Waals surface area contributed by atoms with Crippen molar-refractivity contribution in [1.29, 1.82) is 0 Å². The first-order chi connectivity index (χ1) is 9.62. The number of carbonyl (C=O) groups is 1. The zero-order chi connectivity index (χ0) is 15.8. The Morgan fingerprint density at radius 3 is 2.29 bits per heavy atom. The van der Waals surface area contributed by atoms with Gasteiger partial charge in [-0.1, -0.05) is 23.7 Å². The summed E-state index contributed by atoms with van der Waals surface area (Å²) in [6, 6.07) is 5.28. The van der Waals surface area contributed by atoms with Crippen molar-refractivity contribution >= 4 is 36.2 Å². The highest BCUT2D eigenvalue weighted by Crippen LogP contribution is 2.37. The van der Waals surface area contributed by atoms with Crippen LogP contribution in [0.15, 0.2) is 24.3 Å². The summed E-state index contributed by atoms with van der Waals surface area (Å²) >= 11 is 6.27. The highest BCUT2D eigenvalue weighted by molar-refractivity contribution is 6.65. The van der Waals surface area contributed by atoms with Crippen LogP contribution in [0.2, 0.25) is 5.02 Å². The Labute approximate surface area is 129 Å². The molecule has 0 atom stereocenters. The van der Waals surface area contributed by atoms with Gasteiger partial charge in [-0.2, -0.15) is 0 Å². The molecule has 1 aromatic rings. The van der Waals surface area contributed by atoms with Crippen molar-refractivity contribution in [3.8, 4) is 0 Å². The predicted molar refractivity (Wildman–Crippen MR) is 83.8 cm³/mol. The van der Waals surface area contributed by atoms with Gasteiger partial charge >= 0.3 is 13.1 Å². The van der Waals surface area contributed by atoms with E-state index in [1.165, 1.54) is 6.08 Å². The molecule has 1 N–H and O–H groups in total. The van der Waals surface area contributed by atoms with Crippen LogP contribution in [0.5, 0.6) is 0 Å². The van der Waals surface area contributed by atoms with Gasteiger partial charge in [0.15, 0.2) is 0 Å². The number of hydrogen-bond acceptors (Lipinski definition) is 3. The molecular formula is C15H18BClO4. The van der Waals surface area contributed by atoms with Crippen molar-refractivity contribution in [2.75, 3.05) is 0 Å². The monoisotopic (exact) mass is 308 g/mol. The van der Waals surface area contributed by atoms with E-state index in [1.807, 2.05) is 27.7 Å². The summed E-state index contributed by atoms with van der Waals surface area (Å²) in [4.78, 5) is 10.5. The lowest BCUT2D eigenvalue weighted by Crippen LogP contribution is -2.41. The lowest BCUT2D eigenvalue weighted by Gasteiger charge is -2.32. The fourth-order valence-electron chi connectivity index (χ4n) is 1.98. The van der Waals surface area contributed by atoms with Crippen molar-refractivity contribution in [3.63, 3.8) is 0 Å². The average molecular weight is 309 g/mol.